The lowest BCUT2D eigenvalue weighted by Gasteiger charge is -2.26. The summed E-state index contributed by atoms with van der Waals surface area (Å²) in [5, 5.41) is 18.4. The zero-order valence-corrected chi connectivity index (χ0v) is 14.8. The molecule has 1 aliphatic carbocycles. The Kier molecular flexibility index (Phi) is 5.18. The molecule has 2 aromatic rings. The minimum atomic E-state index is -0.256. The molecule has 0 spiro atoms. The number of carbonyl (C=O) groups is 1. The normalized spacial score (nSPS) is 20.6. The quantitative estimate of drug-likeness (QED) is 0.885. The second-order valence-corrected chi connectivity index (χ2v) is 6.89. The van der Waals surface area contributed by atoms with E-state index < -0.39 is 0 Å². The van der Waals surface area contributed by atoms with Crippen molar-refractivity contribution in [1.82, 2.24) is 15.1 Å². The maximum absolute atomic E-state index is 12.7. The Morgan fingerprint density at radius 1 is 1.28 bits per heavy atom. The number of hydrogen-bond donors (Lipinski definition) is 2. The summed E-state index contributed by atoms with van der Waals surface area (Å²) in [6.07, 6.45) is 3.39. The van der Waals surface area contributed by atoms with Gasteiger partial charge in [0.05, 0.1) is 17.2 Å². The number of aryl methyl sites for hydroxylation is 2. The zero-order chi connectivity index (χ0) is 18.0. The van der Waals surface area contributed by atoms with Crippen molar-refractivity contribution < 1.29 is 9.90 Å². The molecule has 1 amide bonds. The van der Waals surface area contributed by atoms with Crippen molar-refractivity contribution in [2.75, 3.05) is 0 Å². The highest BCUT2D eigenvalue weighted by Gasteiger charge is 2.21. The molecule has 0 atom stereocenters. The van der Waals surface area contributed by atoms with Crippen molar-refractivity contribution in [2.24, 2.45) is 0 Å². The van der Waals surface area contributed by atoms with Crippen LogP contribution in [-0.2, 0) is 17.8 Å². The minimum absolute atomic E-state index is 0.0698. The van der Waals surface area contributed by atoms with Gasteiger partial charge in [0.1, 0.15) is 6.54 Å². The first-order valence-electron chi connectivity index (χ1n) is 8.95. The monoisotopic (exact) mass is 343 g/mol. The molecule has 1 saturated carbocycles. The number of amides is 1. The fraction of sp³-hybridized carbons (Fsp3) is 0.526. The molecule has 6 nitrogen and oxygen atoms in total. The average Bonchev–Trinajstić information content (AvgIpc) is 2.59. The van der Waals surface area contributed by atoms with Crippen molar-refractivity contribution in [3.05, 3.63) is 39.8 Å². The number of aliphatic hydroxyl groups excluding tert-OH is 1. The van der Waals surface area contributed by atoms with E-state index in [1.807, 2.05) is 32.0 Å². The van der Waals surface area contributed by atoms with Crippen LogP contribution in [-0.4, -0.2) is 32.9 Å². The summed E-state index contributed by atoms with van der Waals surface area (Å²) < 4.78 is 1.27. The highest BCUT2D eigenvalue weighted by Crippen LogP contribution is 2.18. The number of rotatable bonds is 4. The van der Waals surface area contributed by atoms with Gasteiger partial charge in [-0.1, -0.05) is 18.6 Å². The van der Waals surface area contributed by atoms with Crippen LogP contribution in [0.25, 0.3) is 10.8 Å². The molecule has 1 aromatic heterocycles. The molecule has 1 aromatic carbocycles. The van der Waals surface area contributed by atoms with Crippen LogP contribution in [0.2, 0.25) is 0 Å². The maximum atomic E-state index is 12.7. The van der Waals surface area contributed by atoms with Crippen molar-refractivity contribution >= 4 is 16.7 Å². The second-order valence-electron chi connectivity index (χ2n) is 6.89. The van der Waals surface area contributed by atoms with Crippen molar-refractivity contribution in [2.45, 2.75) is 64.6 Å². The summed E-state index contributed by atoms with van der Waals surface area (Å²) in [4.78, 5) is 25.0. The number of hydrogen-bond acceptors (Lipinski definition) is 4. The largest absolute Gasteiger partial charge is 0.393 e. The van der Waals surface area contributed by atoms with Crippen LogP contribution >= 0.6 is 0 Å². The smallest absolute Gasteiger partial charge is 0.275 e. The van der Waals surface area contributed by atoms with Gasteiger partial charge in [0.15, 0.2) is 0 Å². The van der Waals surface area contributed by atoms with E-state index >= 15 is 0 Å². The van der Waals surface area contributed by atoms with E-state index in [4.69, 9.17) is 0 Å². The number of nitrogens with one attached hydrogen (secondary N) is 1. The molecule has 6 heteroatoms. The summed E-state index contributed by atoms with van der Waals surface area (Å²) in [5.41, 5.74) is 1.67. The molecule has 25 heavy (non-hydrogen) atoms. The highest BCUT2D eigenvalue weighted by molar-refractivity contribution is 5.84. The number of carbonyl (C=O) groups excluding carboxylic acids is 1. The number of aromatic nitrogens is 2. The maximum Gasteiger partial charge on any atom is 0.275 e. The number of benzene rings is 1. The molecule has 2 N–H and O–H groups in total. The van der Waals surface area contributed by atoms with Crippen molar-refractivity contribution in [3.8, 4) is 0 Å². The Hall–Kier alpha value is -2.21. The highest BCUT2D eigenvalue weighted by atomic mass is 16.3. The Morgan fingerprint density at radius 2 is 2.00 bits per heavy atom. The average molecular weight is 343 g/mol. The Bertz CT molecular complexity index is 836. The number of nitrogens with zero attached hydrogens (tertiary/aromatic N) is 2. The van der Waals surface area contributed by atoms with Crippen LogP contribution in [0.15, 0.2) is 23.0 Å². The van der Waals surface area contributed by atoms with E-state index in [0.29, 0.717) is 24.6 Å². The molecule has 1 aliphatic rings. The molecule has 1 fully saturated rings. The molecule has 1 heterocycles. The van der Waals surface area contributed by atoms with E-state index in [9.17, 15) is 14.7 Å². The molecular formula is C19H25N3O3. The van der Waals surface area contributed by atoms with Crippen molar-refractivity contribution in [3.63, 3.8) is 0 Å². The lowest BCUT2D eigenvalue weighted by molar-refractivity contribution is -0.123. The summed E-state index contributed by atoms with van der Waals surface area (Å²) >= 11 is 0. The Morgan fingerprint density at radius 3 is 2.68 bits per heavy atom. The van der Waals surface area contributed by atoms with Gasteiger partial charge in [0.2, 0.25) is 5.91 Å². The lowest BCUT2D eigenvalue weighted by atomic mass is 9.93. The first kappa shape index (κ1) is 17.6. The Balaban J connectivity index is 1.81. The SMILES string of the molecule is CCc1nn(CC(=O)NC2CCC(O)CC2)c(=O)c2ccc(C)cc12. The van der Waals surface area contributed by atoms with Gasteiger partial charge in [-0.3, -0.25) is 9.59 Å². The van der Waals surface area contributed by atoms with Gasteiger partial charge in [-0.25, -0.2) is 4.68 Å². The van der Waals surface area contributed by atoms with Gasteiger partial charge in [-0.15, -0.1) is 0 Å². The van der Waals surface area contributed by atoms with Crippen LogP contribution in [0.3, 0.4) is 0 Å². The molecule has 0 bridgehead atoms. The van der Waals surface area contributed by atoms with Gasteiger partial charge >= 0.3 is 0 Å². The molecule has 0 saturated heterocycles. The summed E-state index contributed by atoms with van der Waals surface area (Å²) in [5.74, 6) is -0.204. The second kappa shape index (κ2) is 7.35. The predicted octanol–water partition coefficient (Wildman–Crippen LogP) is 1.69. The summed E-state index contributed by atoms with van der Waals surface area (Å²) in [7, 11) is 0. The third-order valence-corrected chi connectivity index (χ3v) is 4.88. The van der Waals surface area contributed by atoms with Crippen LogP contribution in [0.4, 0.5) is 0 Å². The van der Waals surface area contributed by atoms with E-state index in [1.165, 1.54) is 4.68 Å². The third-order valence-electron chi connectivity index (χ3n) is 4.88. The fourth-order valence-corrected chi connectivity index (χ4v) is 3.47. The topological polar surface area (TPSA) is 84.2 Å². The molecule has 134 valence electrons. The Labute approximate surface area is 146 Å². The molecule has 3 rings (SSSR count). The lowest BCUT2D eigenvalue weighted by Crippen LogP contribution is -2.42. The van der Waals surface area contributed by atoms with Crippen LogP contribution in [0.5, 0.6) is 0 Å². The van der Waals surface area contributed by atoms with Gasteiger partial charge in [0, 0.05) is 11.4 Å². The van der Waals surface area contributed by atoms with E-state index in [-0.39, 0.29) is 30.2 Å². The first-order valence-corrected chi connectivity index (χ1v) is 8.95. The van der Waals surface area contributed by atoms with E-state index in [0.717, 1.165) is 29.5 Å². The first-order chi connectivity index (χ1) is 12.0. The predicted molar refractivity (Wildman–Crippen MR) is 96.5 cm³/mol. The van der Waals surface area contributed by atoms with Gasteiger partial charge in [0.25, 0.3) is 5.56 Å². The summed E-state index contributed by atoms with van der Waals surface area (Å²) in [6.45, 7) is 3.90. The van der Waals surface area contributed by atoms with Crippen LogP contribution < -0.4 is 10.9 Å². The van der Waals surface area contributed by atoms with E-state index in [2.05, 4.69) is 10.4 Å². The minimum Gasteiger partial charge on any atom is -0.393 e. The fourth-order valence-electron chi connectivity index (χ4n) is 3.47. The third kappa shape index (κ3) is 3.90. The standard InChI is InChI=1S/C19H25N3O3/c1-3-17-16-10-12(2)4-9-15(16)19(25)22(21-17)11-18(24)20-13-5-7-14(23)8-6-13/h4,9-10,13-14,23H,3,5-8,11H2,1-2H3,(H,20,24). The number of fused-ring (bicyclic) bond motifs is 1. The molecular weight excluding hydrogens is 318 g/mol. The van der Waals surface area contributed by atoms with Gasteiger partial charge in [-0.2, -0.15) is 5.10 Å². The van der Waals surface area contributed by atoms with Crippen LogP contribution in [0.1, 0.15) is 43.9 Å². The van der Waals surface area contributed by atoms with Gasteiger partial charge < -0.3 is 10.4 Å². The number of aliphatic hydroxyl groups is 1. The molecule has 0 radical (unpaired) electrons. The zero-order valence-electron chi connectivity index (χ0n) is 14.8. The van der Waals surface area contributed by atoms with Crippen molar-refractivity contribution in [1.29, 1.82) is 0 Å². The van der Waals surface area contributed by atoms with Crippen LogP contribution in [0, 0.1) is 6.92 Å². The van der Waals surface area contributed by atoms with E-state index in [1.54, 1.807) is 0 Å². The van der Waals surface area contributed by atoms with Gasteiger partial charge in [-0.05, 0) is 51.2 Å². The summed E-state index contributed by atoms with van der Waals surface area (Å²) in [6, 6.07) is 5.76. The molecule has 0 aliphatic heterocycles. The molecule has 0 unspecified atom stereocenters.